The number of nitrogens with two attached hydrogens (primary N) is 1. The number of allylic oxidation sites excluding steroid dienone is 1. The smallest absolute Gasteiger partial charge is 0.251 e. The third-order valence-corrected chi connectivity index (χ3v) is 4.94. The van der Waals surface area contributed by atoms with Gasteiger partial charge in [0.1, 0.15) is 10.8 Å². The molecule has 2 aromatic heterocycles. The number of nitrogens with one attached hydrogen (secondary N) is 1. The highest BCUT2D eigenvalue weighted by Crippen LogP contribution is 2.26. The van der Waals surface area contributed by atoms with Crippen LogP contribution in [0.25, 0.3) is 0 Å². The van der Waals surface area contributed by atoms with Crippen molar-refractivity contribution >= 4 is 39.9 Å². The number of aromatic nitrogens is 3. The van der Waals surface area contributed by atoms with Gasteiger partial charge in [-0.1, -0.05) is 17.8 Å². The molecule has 2 aromatic rings. The van der Waals surface area contributed by atoms with Crippen LogP contribution in [0.3, 0.4) is 0 Å². The zero-order chi connectivity index (χ0) is 17.0. The average molecular weight is 351 g/mol. The van der Waals surface area contributed by atoms with E-state index >= 15 is 0 Å². The van der Waals surface area contributed by atoms with Crippen molar-refractivity contribution in [2.24, 2.45) is 5.73 Å². The highest BCUT2D eigenvalue weighted by atomic mass is 32.2. The summed E-state index contributed by atoms with van der Waals surface area (Å²) in [6, 6.07) is 1.59. The number of thioether (sulfide) groups is 1. The maximum atomic E-state index is 12.3. The molecule has 2 heterocycles. The summed E-state index contributed by atoms with van der Waals surface area (Å²) in [6.45, 7) is 7.88. The topological polar surface area (TPSA) is 103 Å². The van der Waals surface area contributed by atoms with Gasteiger partial charge in [-0.05, 0) is 25.3 Å². The third kappa shape index (κ3) is 3.99. The molecule has 3 N–H and O–H groups in total. The molecule has 0 saturated heterocycles. The van der Waals surface area contributed by atoms with E-state index in [1.807, 2.05) is 11.5 Å². The molecule has 0 aliphatic carbocycles. The van der Waals surface area contributed by atoms with Crippen molar-refractivity contribution in [1.29, 1.82) is 0 Å². The predicted octanol–water partition coefficient (Wildman–Crippen LogP) is 2.05. The lowest BCUT2D eigenvalue weighted by atomic mass is 10.3. The Morgan fingerprint density at radius 3 is 2.96 bits per heavy atom. The lowest BCUT2D eigenvalue weighted by molar-refractivity contribution is -0.115. The zero-order valence-corrected chi connectivity index (χ0v) is 14.4. The highest BCUT2D eigenvalue weighted by Gasteiger charge is 2.21. The number of carbonyl (C=O) groups is 2. The van der Waals surface area contributed by atoms with Gasteiger partial charge in [0.2, 0.25) is 5.91 Å². The molecular weight excluding hydrogens is 334 g/mol. The number of hydrogen-bond acceptors (Lipinski definition) is 6. The summed E-state index contributed by atoms with van der Waals surface area (Å²) in [6.07, 6.45) is 1.75. The molecule has 0 unspecified atom stereocenters. The number of nitrogens with zero attached hydrogens (tertiary/aromatic N) is 3. The van der Waals surface area contributed by atoms with Crippen molar-refractivity contribution < 1.29 is 9.59 Å². The fourth-order valence-electron chi connectivity index (χ4n) is 1.81. The van der Waals surface area contributed by atoms with Gasteiger partial charge in [0.15, 0.2) is 5.16 Å². The van der Waals surface area contributed by atoms with Crippen LogP contribution in [0.15, 0.2) is 29.3 Å². The van der Waals surface area contributed by atoms with Gasteiger partial charge < -0.3 is 15.6 Å². The minimum absolute atomic E-state index is 0.231. The van der Waals surface area contributed by atoms with Gasteiger partial charge >= 0.3 is 0 Å². The first-order valence-corrected chi connectivity index (χ1v) is 8.55. The highest BCUT2D eigenvalue weighted by molar-refractivity contribution is 8.00. The van der Waals surface area contributed by atoms with E-state index in [4.69, 9.17) is 5.73 Å². The zero-order valence-electron chi connectivity index (χ0n) is 12.8. The molecule has 0 aliphatic rings. The first-order chi connectivity index (χ1) is 10.9. The van der Waals surface area contributed by atoms with Crippen LogP contribution in [-0.4, -0.2) is 31.8 Å². The fourth-order valence-corrected chi connectivity index (χ4v) is 3.51. The van der Waals surface area contributed by atoms with Gasteiger partial charge in [0.25, 0.3) is 5.91 Å². The molecule has 122 valence electrons. The van der Waals surface area contributed by atoms with Crippen LogP contribution in [0.1, 0.15) is 23.1 Å². The molecule has 2 amide bonds. The summed E-state index contributed by atoms with van der Waals surface area (Å²) in [4.78, 5) is 23.6. The monoisotopic (exact) mass is 351 g/mol. The number of carbonyl (C=O) groups excluding carboxylic acids is 2. The van der Waals surface area contributed by atoms with E-state index in [-0.39, 0.29) is 5.91 Å². The predicted molar refractivity (Wildman–Crippen MR) is 91.7 cm³/mol. The quantitative estimate of drug-likeness (QED) is 0.587. The number of thiophene rings is 1. The molecule has 0 spiro atoms. The number of amides is 2. The van der Waals surface area contributed by atoms with Crippen LogP contribution in [0.2, 0.25) is 0 Å². The molecular formula is C14H17N5O2S2. The molecule has 0 fully saturated rings. The van der Waals surface area contributed by atoms with Gasteiger partial charge in [-0.15, -0.1) is 28.1 Å². The maximum absolute atomic E-state index is 12.3. The summed E-state index contributed by atoms with van der Waals surface area (Å²) in [7, 11) is 0. The number of hydrogen-bond donors (Lipinski definition) is 2. The standard InChI is InChI=1S/C14H17N5O2S2/c1-4-6-19-9(3)17-18-14(19)23-8(2)12(21)16-13-10(11(15)20)5-7-22-13/h4-5,7-8H,1,6H2,2-3H3,(H2,15,20)(H,16,21)/t8-/m1/s1. The van der Waals surface area contributed by atoms with Crippen LogP contribution in [0, 0.1) is 6.92 Å². The van der Waals surface area contributed by atoms with Crippen molar-refractivity contribution in [3.05, 3.63) is 35.5 Å². The van der Waals surface area contributed by atoms with Crippen molar-refractivity contribution in [2.45, 2.75) is 30.8 Å². The normalized spacial score (nSPS) is 11.9. The average Bonchev–Trinajstić information content (AvgIpc) is 3.09. The maximum Gasteiger partial charge on any atom is 0.251 e. The second kappa shape index (κ2) is 7.42. The number of aryl methyl sites for hydroxylation is 1. The van der Waals surface area contributed by atoms with Crippen LogP contribution in [-0.2, 0) is 11.3 Å². The van der Waals surface area contributed by atoms with Gasteiger partial charge in [-0.2, -0.15) is 0 Å². The molecule has 0 radical (unpaired) electrons. The Kier molecular flexibility index (Phi) is 5.56. The minimum Gasteiger partial charge on any atom is -0.366 e. The molecule has 7 nitrogen and oxygen atoms in total. The second-order valence-electron chi connectivity index (χ2n) is 4.71. The minimum atomic E-state index is -0.566. The molecule has 23 heavy (non-hydrogen) atoms. The van der Waals surface area contributed by atoms with Gasteiger partial charge in [-0.3, -0.25) is 9.59 Å². The van der Waals surface area contributed by atoms with E-state index in [1.54, 1.807) is 24.4 Å². The number of rotatable bonds is 7. The Bertz CT molecular complexity index is 737. The summed E-state index contributed by atoms with van der Waals surface area (Å²) >= 11 is 2.55. The molecule has 0 bridgehead atoms. The van der Waals surface area contributed by atoms with Crippen LogP contribution in [0.5, 0.6) is 0 Å². The first-order valence-electron chi connectivity index (χ1n) is 6.79. The fraction of sp³-hybridized carbons (Fsp3) is 0.286. The Morgan fingerprint density at radius 1 is 1.57 bits per heavy atom. The van der Waals surface area contributed by atoms with E-state index in [9.17, 15) is 9.59 Å². The lowest BCUT2D eigenvalue weighted by Gasteiger charge is -2.12. The third-order valence-electron chi connectivity index (χ3n) is 3.03. The van der Waals surface area contributed by atoms with E-state index in [2.05, 4.69) is 22.1 Å². The summed E-state index contributed by atoms with van der Waals surface area (Å²) < 4.78 is 1.88. The largest absolute Gasteiger partial charge is 0.366 e. The molecule has 2 rings (SSSR count). The van der Waals surface area contributed by atoms with Crippen LogP contribution in [0.4, 0.5) is 5.00 Å². The molecule has 0 aromatic carbocycles. The van der Waals surface area contributed by atoms with Gasteiger partial charge in [0, 0.05) is 6.54 Å². The van der Waals surface area contributed by atoms with E-state index in [0.29, 0.717) is 22.3 Å². The van der Waals surface area contributed by atoms with Crippen molar-refractivity contribution in [3.8, 4) is 0 Å². The Morgan fingerprint density at radius 2 is 2.30 bits per heavy atom. The molecule has 0 saturated carbocycles. The number of anilines is 1. The van der Waals surface area contributed by atoms with Crippen LogP contribution >= 0.6 is 23.1 Å². The van der Waals surface area contributed by atoms with E-state index in [0.717, 1.165) is 5.82 Å². The van der Waals surface area contributed by atoms with Crippen LogP contribution < -0.4 is 11.1 Å². The van der Waals surface area contributed by atoms with Gasteiger partial charge in [0.05, 0.1) is 10.8 Å². The van der Waals surface area contributed by atoms with Crippen molar-refractivity contribution in [2.75, 3.05) is 5.32 Å². The van der Waals surface area contributed by atoms with E-state index in [1.165, 1.54) is 23.1 Å². The SMILES string of the molecule is C=CCn1c(C)nnc1S[C@H](C)C(=O)Nc1sccc1C(N)=O. The van der Waals surface area contributed by atoms with Crippen molar-refractivity contribution in [1.82, 2.24) is 14.8 Å². The van der Waals surface area contributed by atoms with E-state index < -0.39 is 11.2 Å². The Hall–Kier alpha value is -2.13. The van der Waals surface area contributed by atoms with Gasteiger partial charge in [-0.25, -0.2) is 0 Å². The Labute approximate surface area is 142 Å². The summed E-state index contributed by atoms with van der Waals surface area (Å²) in [5.74, 6) is -0.0387. The lowest BCUT2D eigenvalue weighted by Crippen LogP contribution is -2.24. The second-order valence-corrected chi connectivity index (χ2v) is 6.93. The number of primary amides is 1. The molecule has 0 aliphatic heterocycles. The summed E-state index contributed by atoms with van der Waals surface area (Å²) in [5.41, 5.74) is 5.58. The Balaban J connectivity index is 2.07. The first kappa shape index (κ1) is 17.2. The van der Waals surface area contributed by atoms with Crippen molar-refractivity contribution in [3.63, 3.8) is 0 Å². The molecule has 9 heteroatoms. The summed E-state index contributed by atoms with van der Waals surface area (Å²) in [5, 5.41) is 13.2. The molecule has 1 atom stereocenters.